The van der Waals surface area contributed by atoms with Gasteiger partial charge in [-0.2, -0.15) is 0 Å². The third kappa shape index (κ3) is 12.2. The fourth-order valence-corrected chi connectivity index (χ4v) is 0.681. The molecule has 17 heavy (non-hydrogen) atoms. The fraction of sp³-hybridized carbons (Fsp3) is 0.500. The van der Waals surface area contributed by atoms with Crippen molar-refractivity contribution in [3.8, 4) is 0 Å². The molecule has 4 N–H and O–H groups in total. The Hall–Kier alpha value is -1.78. The van der Waals surface area contributed by atoms with Gasteiger partial charge in [-0.15, -0.1) is 0 Å². The van der Waals surface area contributed by atoms with Gasteiger partial charge < -0.3 is 15.9 Å². The van der Waals surface area contributed by atoms with Crippen LogP contribution in [0, 0.1) is 0 Å². The van der Waals surface area contributed by atoms with Gasteiger partial charge in [-0.1, -0.05) is 25.8 Å². The van der Waals surface area contributed by atoms with Crippen LogP contribution in [0.4, 0.5) is 0 Å². The Morgan fingerprint density at radius 3 is 1.82 bits per heavy atom. The Kier molecular flexibility index (Phi) is 11.1. The van der Waals surface area contributed by atoms with Crippen molar-refractivity contribution >= 4 is 11.9 Å². The Bertz CT molecular complexity index is 306. The molecular weight excluding hydrogens is 222 g/mol. The smallest absolute Gasteiger partial charge is 0.332 e. The SMILES string of the molecule is CC(=CN)C(=O)O.CCCCC=C(C)C(=O)O. The van der Waals surface area contributed by atoms with Crippen LogP contribution in [-0.4, -0.2) is 22.2 Å². The number of nitrogens with two attached hydrogens (primary N) is 1. The molecule has 0 aromatic heterocycles. The highest BCUT2D eigenvalue weighted by Gasteiger charge is 1.96. The molecule has 0 aliphatic rings. The van der Waals surface area contributed by atoms with E-state index in [0.29, 0.717) is 5.57 Å². The van der Waals surface area contributed by atoms with Gasteiger partial charge in [-0.25, -0.2) is 9.59 Å². The van der Waals surface area contributed by atoms with Gasteiger partial charge in [0, 0.05) is 17.3 Å². The van der Waals surface area contributed by atoms with E-state index in [2.05, 4.69) is 6.92 Å². The zero-order chi connectivity index (χ0) is 13.8. The normalized spacial score (nSPS) is 11.5. The van der Waals surface area contributed by atoms with Crippen LogP contribution in [0.25, 0.3) is 0 Å². The molecule has 0 amide bonds. The molecule has 0 aromatic carbocycles. The quantitative estimate of drug-likeness (QED) is 0.507. The number of carboxylic acid groups (broad SMARTS) is 2. The van der Waals surface area contributed by atoms with E-state index < -0.39 is 11.9 Å². The highest BCUT2D eigenvalue weighted by molar-refractivity contribution is 5.85. The molecule has 0 unspecified atom stereocenters. The standard InChI is InChI=1S/C8H14O2.C4H7NO2/c1-3-4-5-6-7(2)8(9)10;1-3(2-5)4(6)7/h6H,3-5H2,1-2H3,(H,9,10);2H,5H2,1H3,(H,6,7). The van der Waals surface area contributed by atoms with Crippen LogP contribution in [0.3, 0.4) is 0 Å². The minimum Gasteiger partial charge on any atom is -0.478 e. The summed E-state index contributed by atoms with van der Waals surface area (Å²) < 4.78 is 0. The molecule has 0 spiro atoms. The van der Waals surface area contributed by atoms with E-state index in [1.54, 1.807) is 13.0 Å². The van der Waals surface area contributed by atoms with E-state index in [0.717, 1.165) is 25.5 Å². The molecule has 5 heteroatoms. The lowest BCUT2D eigenvalue weighted by Crippen LogP contribution is -1.98. The summed E-state index contributed by atoms with van der Waals surface area (Å²) in [6, 6.07) is 0. The monoisotopic (exact) mass is 243 g/mol. The molecule has 98 valence electrons. The minimum atomic E-state index is -0.970. The number of rotatable bonds is 5. The second kappa shape index (κ2) is 10.7. The summed E-state index contributed by atoms with van der Waals surface area (Å²) in [5, 5.41) is 16.4. The molecule has 0 heterocycles. The Labute approximate surface area is 102 Å². The Balaban J connectivity index is 0. The molecule has 0 radical (unpaired) electrons. The van der Waals surface area contributed by atoms with Crippen molar-refractivity contribution in [2.45, 2.75) is 40.0 Å². The first-order valence-corrected chi connectivity index (χ1v) is 5.38. The summed E-state index contributed by atoms with van der Waals surface area (Å²) in [5.41, 5.74) is 5.45. The molecule has 0 bridgehead atoms. The third-order valence-electron chi connectivity index (χ3n) is 1.93. The van der Waals surface area contributed by atoms with Crippen LogP contribution in [0.1, 0.15) is 40.0 Å². The van der Waals surface area contributed by atoms with Gasteiger partial charge in [0.05, 0.1) is 0 Å². The van der Waals surface area contributed by atoms with Crippen molar-refractivity contribution in [2.75, 3.05) is 0 Å². The highest BCUT2D eigenvalue weighted by atomic mass is 16.4. The third-order valence-corrected chi connectivity index (χ3v) is 1.93. The molecule has 0 aliphatic carbocycles. The first-order valence-electron chi connectivity index (χ1n) is 5.38. The summed E-state index contributed by atoms with van der Waals surface area (Å²) in [6.07, 6.45) is 5.90. The molecule has 0 saturated heterocycles. The van der Waals surface area contributed by atoms with E-state index in [1.807, 2.05) is 0 Å². The van der Waals surface area contributed by atoms with Crippen molar-refractivity contribution in [2.24, 2.45) is 5.73 Å². The molecular formula is C12H21NO4. The van der Waals surface area contributed by atoms with E-state index >= 15 is 0 Å². The van der Waals surface area contributed by atoms with Gasteiger partial charge in [0.1, 0.15) is 0 Å². The molecule has 0 aliphatic heterocycles. The number of allylic oxidation sites excluding steroid dienone is 1. The number of hydrogen-bond acceptors (Lipinski definition) is 3. The summed E-state index contributed by atoms with van der Waals surface area (Å²) in [4.78, 5) is 20.0. The maximum absolute atomic E-state index is 10.2. The topological polar surface area (TPSA) is 101 Å². The van der Waals surface area contributed by atoms with E-state index in [1.165, 1.54) is 6.92 Å². The van der Waals surface area contributed by atoms with E-state index in [9.17, 15) is 9.59 Å². The first kappa shape index (κ1) is 17.6. The van der Waals surface area contributed by atoms with Gasteiger partial charge in [-0.3, -0.25) is 0 Å². The van der Waals surface area contributed by atoms with Crippen molar-refractivity contribution in [1.82, 2.24) is 0 Å². The molecule has 0 fully saturated rings. The molecule has 0 atom stereocenters. The van der Waals surface area contributed by atoms with Crippen molar-refractivity contribution in [3.05, 3.63) is 23.4 Å². The van der Waals surface area contributed by atoms with Crippen molar-refractivity contribution in [3.63, 3.8) is 0 Å². The van der Waals surface area contributed by atoms with Crippen LogP contribution < -0.4 is 5.73 Å². The fourth-order valence-electron chi connectivity index (χ4n) is 0.681. The van der Waals surface area contributed by atoms with E-state index in [4.69, 9.17) is 15.9 Å². The van der Waals surface area contributed by atoms with Crippen LogP contribution in [0.2, 0.25) is 0 Å². The summed E-state index contributed by atoms with van der Waals surface area (Å²) in [7, 11) is 0. The average Bonchev–Trinajstić information content (AvgIpc) is 2.28. The maximum atomic E-state index is 10.2. The summed E-state index contributed by atoms with van der Waals surface area (Å²) in [6.45, 7) is 5.14. The molecule has 0 rings (SSSR count). The number of aliphatic carboxylic acids is 2. The van der Waals surface area contributed by atoms with Crippen LogP contribution >= 0.6 is 0 Å². The number of carbonyl (C=O) groups is 2. The Morgan fingerprint density at radius 2 is 1.59 bits per heavy atom. The lowest BCUT2D eigenvalue weighted by Gasteiger charge is -1.91. The minimum absolute atomic E-state index is 0.167. The summed E-state index contributed by atoms with van der Waals surface area (Å²) >= 11 is 0. The Morgan fingerprint density at radius 1 is 1.12 bits per heavy atom. The number of unbranched alkanes of at least 4 members (excludes halogenated alkanes) is 2. The predicted molar refractivity (Wildman–Crippen MR) is 66.5 cm³/mol. The largest absolute Gasteiger partial charge is 0.478 e. The zero-order valence-electron chi connectivity index (χ0n) is 10.6. The zero-order valence-corrected chi connectivity index (χ0v) is 10.6. The van der Waals surface area contributed by atoms with Crippen molar-refractivity contribution < 1.29 is 19.8 Å². The number of hydrogen-bond donors (Lipinski definition) is 3. The van der Waals surface area contributed by atoms with Crippen LogP contribution in [0.5, 0.6) is 0 Å². The highest BCUT2D eigenvalue weighted by Crippen LogP contribution is 2.00. The average molecular weight is 243 g/mol. The first-order chi connectivity index (χ1) is 7.86. The van der Waals surface area contributed by atoms with Crippen LogP contribution in [-0.2, 0) is 9.59 Å². The van der Waals surface area contributed by atoms with Crippen LogP contribution in [0.15, 0.2) is 23.4 Å². The molecule has 0 aromatic rings. The van der Waals surface area contributed by atoms with Gasteiger partial charge in [0.15, 0.2) is 0 Å². The van der Waals surface area contributed by atoms with Gasteiger partial charge >= 0.3 is 11.9 Å². The number of carboxylic acids is 2. The van der Waals surface area contributed by atoms with Gasteiger partial charge in [0.25, 0.3) is 0 Å². The molecule has 5 nitrogen and oxygen atoms in total. The van der Waals surface area contributed by atoms with Gasteiger partial charge in [-0.05, 0) is 20.3 Å². The lowest BCUT2D eigenvalue weighted by atomic mass is 10.2. The van der Waals surface area contributed by atoms with Crippen molar-refractivity contribution in [1.29, 1.82) is 0 Å². The predicted octanol–water partition coefficient (Wildman–Crippen LogP) is 2.14. The lowest BCUT2D eigenvalue weighted by molar-refractivity contribution is -0.133. The van der Waals surface area contributed by atoms with E-state index in [-0.39, 0.29) is 5.57 Å². The molecule has 0 saturated carbocycles. The maximum Gasteiger partial charge on any atom is 0.332 e. The summed E-state index contributed by atoms with van der Waals surface area (Å²) in [5.74, 6) is -1.78. The second-order valence-corrected chi connectivity index (χ2v) is 3.49. The second-order valence-electron chi connectivity index (χ2n) is 3.49. The van der Waals surface area contributed by atoms with Gasteiger partial charge in [0.2, 0.25) is 0 Å².